The standard InChI is InChI=1S/C32H42N6/c1-6-31(4,5)18-15-23(3)28-26(19-33)29(34)38-30(37-28)27(22-36-38)24-13-14-25(21-35-20-24)32(7-2)16-11-9-8-10-12-17-32/h8-9,12-14,17,20,22-23H,6-7,10-11,15-16,18,21,34H2,1-5H3/b9-8-,17-12-. The average molecular weight is 511 g/mol. The van der Waals surface area contributed by atoms with Crippen molar-refractivity contribution in [3.8, 4) is 6.07 Å². The number of nitrogens with zero attached hydrogens (tertiary/aromatic N) is 5. The van der Waals surface area contributed by atoms with Crippen LogP contribution < -0.4 is 5.73 Å². The summed E-state index contributed by atoms with van der Waals surface area (Å²) in [5.74, 6) is 0.457. The van der Waals surface area contributed by atoms with Crippen molar-refractivity contribution in [2.24, 2.45) is 15.8 Å². The molecule has 0 saturated carbocycles. The average Bonchev–Trinajstić information content (AvgIpc) is 3.17. The van der Waals surface area contributed by atoms with Crippen LogP contribution in [0.1, 0.15) is 102 Å². The number of hydrogen-bond acceptors (Lipinski definition) is 5. The van der Waals surface area contributed by atoms with E-state index in [-0.39, 0.29) is 16.7 Å². The van der Waals surface area contributed by atoms with Gasteiger partial charge in [0.15, 0.2) is 5.65 Å². The largest absolute Gasteiger partial charge is 0.382 e. The van der Waals surface area contributed by atoms with Crippen molar-refractivity contribution in [3.63, 3.8) is 0 Å². The van der Waals surface area contributed by atoms with E-state index in [1.165, 1.54) is 5.57 Å². The van der Waals surface area contributed by atoms with Crippen LogP contribution in [0, 0.1) is 22.2 Å². The van der Waals surface area contributed by atoms with Crippen molar-refractivity contribution in [1.82, 2.24) is 14.6 Å². The summed E-state index contributed by atoms with van der Waals surface area (Å²) in [6.07, 6.45) is 24.6. The minimum atomic E-state index is 0.0222. The number of fused-ring (bicyclic) bond motifs is 1. The van der Waals surface area contributed by atoms with E-state index in [1.54, 1.807) is 10.7 Å². The van der Waals surface area contributed by atoms with Crippen LogP contribution in [0.3, 0.4) is 0 Å². The number of allylic oxidation sites excluding steroid dienone is 7. The van der Waals surface area contributed by atoms with Gasteiger partial charge in [0, 0.05) is 22.8 Å². The molecule has 3 heterocycles. The first-order chi connectivity index (χ1) is 18.2. The molecule has 6 heteroatoms. The third-order valence-corrected chi connectivity index (χ3v) is 8.67. The van der Waals surface area contributed by atoms with Crippen molar-refractivity contribution >= 4 is 23.3 Å². The van der Waals surface area contributed by atoms with Gasteiger partial charge < -0.3 is 5.73 Å². The normalized spacial score (nSPS) is 22.5. The highest BCUT2D eigenvalue weighted by atomic mass is 15.3. The molecular weight excluding hydrogens is 468 g/mol. The zero-order valence-corrected chi connectivity index (χ0v) is 23.7. The minimum Gasteiger partial charge on any atom is -0.382 e. The maximum atomic E-state index is 9.95. The smallest absolute Gasteiger partial charge is 0.165 e. The zero-order chi connectivity index (χ0) is 27.3. The second-order valence-corrected chi connectivity index (χ2v) is 11.6. The third-order valence-electron chi connectivity index (χ3n) is 8.67. The van der Waals surface area contributed by atoms with Crippen molar-refractivity contribution in [2.45, 2.75) is 85.5 Å². The van der Waals surface area contributed by atoms with Gasteiger partial charge in [-0.05, 0) is 55.4 Å². The fourth-order valence-corrected chi connectivity index (χ4v) is 5.44. The summed E-state index contributed by atoms with van der Waals surface area (Å²) in [6, 6.07) is 2.30. The molecule has 0 radical (unpaired) electrons. The number of nitrogens with two attached hydrogens (primary N) is 1. The highest BCUT2D eigenvalue weighted by molar-refractivity contribution is 6.12. The van der Waals surface area contributed by atoms with Gasteiger partial charge in [-0.15, -0.1) is 0 Å². The van der Waals surface area contributed by atoms with E-state index in [9.17, 15) is 5.26 Å². The van der Waals surface area contributed by atoms with Gasteiger partial charge in [-0.25, -0.2) is 4.98 Å². The SMILES string of the molecule is CCC(C)(C)CCC(C)c1nc2c(C3=CC=C(C4(CC)/C=C\C/C=C\CC4)CN=C3)cnn2c(N)c1C#N. The summed E-state index contributed by atoms with van der Waals surface area (Å²) in [6.45, 7) is 11.9. The molecule has 0 aromatic carbocycles. The molecule has 0 amide bonds. The maximum Gasteiger partial charge on any atom is 0.165 e. The highest BCUT2D eigenvalue weighted by Gasteiger charge is 2.30. The molecule has 2 aliphatic rings. The number of aliphatic imine (C=N–C) groups is 1. The molecule has 0 fully saturated rings. The van der Waals surface area contributed by atoms with Crippen LogP contribution in [-0.4, -0.2) is 27.4 Å². The summed E-state index contributed by atoms with van der Waals surface area (Å²) < 4.78 is 1.60. The number of hydrogen-bond donors (Lipinski definition) is 1. The first kappa shape index (κ1) is 27.6. The van der Waals surface area contributed by atoms with Crippen LogP contribution in [0.2, 0.25) is 0 Å². The van der Waals surface area contributed by atoms with Gasteiger partial charge in [-0.3, -0.25) is 4.99 Å². The van der Waals surface area contributed by atoms with Gasteiger partial charge in [-0.2, -0.15) is 14.9 Å². The molecule has 200 valence electrons. The lowest BCUT2D eigenvalue weighted by molar-refractivity contribution is 0.303. The Bertz CT molecular complexity index is 1360. The van der Waals surface area contributed by atoms with Crippen LogP contribution in [0.4, 0.5) is 5.82 Å². The van der Waals surface area contributed by atoms with E-state index < -0.39 is 0 Å². The molecule has 2 N–H and O–H groups in total. The van der Waals surface area contributed by atoms with Gasteiger partial charge in [0.2, 0.25) is 0 Å². The van der Waals surface area contributed by atoms with E-state index in [4.69, 9.17) is 15.7 Å². The fourth-order valence-electron chi connectivity index (χ4n) is 5.44. The van der Waals surface area contributed by atoms with E-state index >= 15 is 0 Å². The quantitative estimate of drug-likeness (QED) is 0.370. The Morgan fingerprint density at radius 1 is 1.21 bits per heavy atom. The molecule has 2 aromatic rings. The zero-order valence-electron chi connectivity index (χ0n) is 23.7. The molecule has 2 aromatic heterocycles. The minimum absolute atomic E-state index is 0.0222. The highest BCUT2D eigenvalue weighted by Crippen LogP contribution is 2.40. The molecule has 2 atom stereocenters. The summed E-state index contributed by atoms with van der Waals surface area (Å²) in [5.41, 5.74) is 11.8. The van der Waals surface area contributed by atoms with Crippen molar-refractivity contribution in [2.75, 3.05) is 12.3 Å². The Hall–Kier alpha value is -3.46. The van der Waals surface area contributed by atoms with E-state index in [0.29, 0.717) is 23.6 Å². The number of nitrogen functional groups attached to an aromatic ring is 1. The first-order valence-corrected chi connectivity index (χ1v) is 14.1. The molecule has 6 nitrogen and oxygen atoms in total. The summed E-state index contributed by atoms with van der Waals surface area (Å²) >= 11 is 0. The molecular formula is C32H42N6. The Balaban J connectivity index is 1.74. The van der Waals surface area contributed by atoms with E-state index in [1.807, 2.05) is 6.21 Å². The predicted octanol–water partition coefficient (Wildman–Crippen LogP) is 7.59. The van der Waals surface area contributed by atoms with Gasteiger partial charge in [0.05, 0.1) is 18.4 Å². The van der Waals surface area contributed by atoms with Crippen molar-refractivity contribution in [3.05, 3.63) is 65.0 Å². The lowest BCUT2D eigenvalue weighted by Crippen LogP contribution is -2.22. The van der Waals surface area contributed by atoms with Gasteiger partial charge in [-0.1, -0.05) is 77.5 Å². The van der Waals surface area contributed by atoms with Crippen LogP contribution in [0.25, 0.3) is 11.2 Å². The molecule has 0 bridgehead atoms. The number of rotatable bonds is 8. The van der Waals surface area contributed by atoms with Gasteiger partial charge in [0.1, 0.15) is 17.5 Å². The summed E-state index contributed by atoms with van der Waals surface area (Å²) in [5, 5.41) is 14.5. The number of nitriles is 1. The molecule has 1 aliphatic heterocycles. The van der Waals surface area contributed by atoms with Crippen LogP contribution in [-0.2, 0) is 0 Å². The van der Waals surface area contributed by atoms with Crippen LogP contribution >= 0.6 is 0 Å². The van der Waals surface area contributed by atoms with E-state index in [2.05, 4.69) is 82.2 Å². The van der Waals surface area contributed by atoms with Gasteiger partial charge in [0.25, 0.3) is 0 Å². The second kappa shape index (κ2) is 11.5. The van der Waals surface area contributed by atoms with E-state index in [0.717, 1.165) is 61.8 Å². The van der Waals surface area contributed by atoms with Gasteiger partial charge >= 0.3 is 0 Å². The Morgan fingerprint density at radius 3 is 2.76 bits per heavy atom. The monoisotopic (exact) mass is 510 g/mol. The predicted molar refractivity (Wildman–Crippen MR) is 158 cm³/mol. The Morgan fingerprint density at radius 2 is 2.03 bits per heavy atom. The number of anilines is 1. The summed E-state index contributed by atoms with van der Waals surface area (Å²) in [7, 11) is 0. The lowest BCUT2D eigenvalue weighted by Gasteiger charge is -2.32. The molecule has 38 heavy (non-hydrogen) atoms. The topological polar surface area (TPSA) is 92.4 Å². The number of aromatic nitrogens is 3. The van der Waals surface area contributed by atoms with Crippen molar-refractivity contribution in [1.29, 1.82) is 5.26 Å². The fraction of sp³-hybridized carbons (Fsp3) is 0.500. The molecule has 0 saturated heterocycles. The lowest BCUT2D eigenvalue weighted by atomic mass is 9.72. The second-order valence-electron chi connectivity index (χ2n) is 11.6. The van der Waals surface area contributed by atoms with Crippen molar-refractivity contribution < 1.29 is 0 Å². The van der Waals surface area contributed by atoms with Crippen LogP contribution in [0.15, 0.2) is 53.2 Å². The molecule has 1 aliphatic carbocycles. The maximum absolute atomic E-state index is 9.95. The Labute approximate surface area is 227 Å². The molecule has 0 spiro atoms. The summed E-state index contributed by atoms with van der Waals surface area (Å²) in [4.78, 5) is 9.85. The first-order valence-electron chi connectivity index (χ1n) is 14.1. The molecule has 4 rings (SSSR count). The van der Waals surface area contributed by atoms with Crippen LogP contribution in [0.5, 0.6) is 0 Å². The third kappa shape index (κ3) is 5.53. The Kier molecular flexibility index (Phi) is 8.35. The molecule has 2 unspecified atom stereocenters.